The second-order valence-electron chi connectivity index (χ2n) is 4.39. The summed E-state index contributed by atoms with van der Waals surface area (Å²) in [6, 6.07) is 5.30. The maximum atomic E-state index is 11.0. The van der Waals surface area contributed by atoms with Crippen molar-refractivity contribution in [3.05, 3.63) is 23.8 Å². The molecule has 0 spiro atoms. The lowest BCUT2D eigenvalue weighted by Gasteiger charge is -2.17. The molecule has 5 nitrogen and oxygen atoms in total. The fourth-order valence-corrected chi connectivity index (χ4v) is 2.07. The molecular weight excluding hydrogens is 244 g/mol. The molecule has 0 fully saturated rings. The fraction of sp³-hybridized carbons (Fsp3) is 0.500. The molecule has 0 saturated heterocycles. The van der Waals surface area contributed by atoms with Gasteiger partial charge in [0, 0.05) is 6.04 Å². The lowest BCUT2D eigenvalue weighted by atomic mass is 10.0. The molecule has 0 saturated carbocycles. The van der Waals surface area contributed by atoms with Crippen LogP contribution < -0.4 is 20.5 Å². The van der Waals surface area contributed by atoms with E-state index in [0.717, 1.165) is 24.8 Å². The minimum atomic E-state index is -0.487. The second kappa shape index (κ2) is 7.51. The Labute approximate surface area is 114 Å². The Morgan fingerprint density at radius 2 is 2.00 bits per heavy atom. The number of rotatable bonds is 7. The van der Waals surface area contributed by atoms with Gasteiger partial charge >= 0.3 is 6.03 Å². The minimum absolute atomic E-state index is 0.0422. The Balaban J connectivity index is 2.80. The first-order valence-electron chi connectivity index (χ1n) is 6.37. The summed E-state index contributed by atoms with van der Waals surface area (Å²) in [5.41, 5.74) is 6.26. The molecule has 2 amide bonds. The SMILES string of the molecule is CCCC(Cc1ccc(OC)c(OC)c1)NC(N)=O. The smallest absolute Gasteiger partial charge is 0.312 e. The minimum Gasteiger partial charge on any atom is -0.493 e. The number of hydrogen-bond donors (Lipinski definition) is 2. The highest BCUT2D eigenvalue weighted by molar-refractivity contribution is 5.72. The lowest BCUT2D eigenvalue weighted by Crippen LogP contribution is -2.39. The third-order valence-corrected chi connectivity index (χ3v) is 2.91. The van der Waals surface area contributed by atoms with Gasteiger partial charge in [-0.3, -0.25) is 0 Å². The Morgan fingerprint density at radius 1 is 1.32 bits per heavy atom. The standard InChI is InChI=1S/C14H22N2O3/c1-4-5-11(16-14(15)17)8-10-6-7-12(18-2)13(9-10)19-3/h6-7,9,11H,4-5,8H2,1-3H3,(H3,15,16,17). The average Bonchev–Trinajstić information content (AvgIpc) is 2.38. The van der Waals surface area contributed by atoms with Crippen molar-refractivity contribution in [1.82, 2.24) is 5.32 Å². The summed E-state index contributed by atoms with van der Waals surface area (Å²) in [5.74, 6) is 1.38. The van der Waals surface area contributed by atoms with Crippen LogP contribution >= 0.6 is 0 Å². The number of nitrogens with two attached hydrogens (primary N) is 1. The zero-order valence-corrected chi connectivity index (χ0v) is 11.7. The monoisotopic (exact) mass is 266 g/mol. The molecule has 0 aliphatic heterocycles. The van der Waals surface area contributed by atoms with E-state index in [1.165, 1.54) is 0 Å². The lowest BCUT2D eigenvalue weighted by molar-refractivity contribution is 0.244. The van der Waals surface area contributed by atoms with Crippen molar-refractivity contribution in [2.75, 3.05) is 14.2 Å². The summed E-state index contributed by atoms with van der Waals surface area (Å²) in [6.45, 7) is 2.07. The Kier molecular flexibility index (Phi) is 5.99. The van der Waals surface area contributed by atoms with Gasteiger partial charge in [-0.2, -0.15) is 0 Å². The quantitative estimate of drug-likeness (QED) is 0.793. The molecule has 1 unspecified atom stereocenters. The first-order valence-corrected chi connectivity index (χ1v) is 6.37. The topological polar surface area (TPSA) is 73.6 Å². The van der Waals surface area contributed by atoms with E-state index in [0.29, 0.717) is 11.5 Å². The summed E-state index contributed by atoms with van der Waals surface area (Å²) >= 11 is 0. The zero-order valence-electron chi connectivity index (χ0n) is 11.7. The van der Waals surface area contributed by atoms with Crippen molar-refractivity contribution in [2.45, 2.75) is 32.2 Å². The summed E-state index contributed by atoms with van der Waals surface area (Å²) in [4.78, 5) is 11.0. The zero-order chi connectivity index (χ0) is 14.3. The largest absolute Gasteiger partial charge is 0.493 e. The van der Waals surface area contributed by atoms with Crippen LogP contribution in [0.3, 0.4) is 0 Å². The van der Waals surface area contributed by atoms with Gasteiger partial charge in [-0.25, -0.2) is 4.79 Å². The van der Waals surface area contributed by atoms with Crippen molar-refractivity contribution >= 4 is 6.03 Å². The number of methoxy groups -OCH3 is 2. The molecule has 106 valence electrons. The van der Waals surface area contributed by atoms with Gasteiger partial charge < -0.3 is 20.5 Å². The maximum Gasteiger partial charge on any atom is 0.312 e. The molecule has 3 N–H and O–H groups in total. The number of carbonyl (C=O) groups excluding carboxylic acids is 1. The van der Waals surface area contributed by atoms with Crippen molar-refractivity contribution in [3.63, 3.8) is 0 Å². The molecular formula is C14H22N2O3. The Bertz CT molecular complexity index is 421. The van der Waals surface area contributed by atoms with E-state index in [9.17, 15) is 4.79 Å². The normalized spacial score (nSPS) is 11.7. The average molecular weight is 266 g/mol. The van der Waals surface area contributed by atoms with Crippen molar-refractivity contribution < 1.29 is 14.3 Å². The van der Waals surface area contributed by atoms with Crippen molar-refractivity contribution in [1.29, 1.82) is 0 Å². The number of hydrogen-bond acceptors (Lipinski definition) is 3. The van der Waals surface area contributed by atoms with Crippen LogP contribution in [0.5, 0.6) is 11.5 Å². The number of primary amides is 1. The Hall–Kier alpha value is -1.91. The van der Waals surface area contributed by atoms with Gasteiger partial charge in [-0.15, -0.1) is 0 Å². The highest BCUT2D eigenvalue weighted by atomic mass is 16.5. The number of nitrogens with one attached hydrogen (secondary N) is 1. The van der Waals surface area contributed by atoms with Crippen LogP contribution in [0.25, 0.3) is 0 Å². The summed E-state index contributed by atoms with van der Waals surface area (Å²) in [6.07, 6.45) is 2.59. The van der Waals surface area contributed by atoms with Gasteiger partial charge in [-0.05, 0) is 30.5 Å². The molecule has 0 radical (unpaired) electrons. The van der Waals surface area contributed by atoms with Crippen molar-refractivity contribution in [2.24, 2.45) is 5.73 Å². The van der Waals surface area contributed by atoms with Gasteiger partial charge in [0.05, 0.1) is 14.2 Å². The van der Waals surface area contributed by atoms with Gasteiger partial charge in [0.2, 0.25) is 0 Å². The van der Waals surface area contributed by atoms with Crippen LogP contribution in [-0.4, -0.2) is 26.3 Å². The van der Waals surface area contributed by atoms with Crippen molar-refractivity contribution in [3.8, 4) is 11.5 Å². The predicted octanol–water partition coefficient (Wildman–Crippen LogP) is 2.08. The Morgan fingerprint density at radius 3 is 2.53 bits per heavy atom. The molecule has 0 aromatic heterocycles. The number of benzene rings is 1. The maximum absolute atomic E-state index is 11.0. The third kappa shape index (κ3) is 4.69. The van der Waals surface area contributed by atoms with Gasteiger partial charge in [0.15, 0.2) is 11.5 Å². The molecule has 1 rings (SSSR count). The first-order chi connectivity index (χ1) is 9.10. The molecule has 0 bridgehead atoms. The summed E-state index contributed by atoms with van der Waals surface area (Å²) in [5, 5.41) is 2.76. The highest BCUT2D eigenvalue weighted by Gasteiger charge is 2.12. The number of amides is 2. The first kappa shape index (κ1) is 15.1. The summed E-state index contributed by atoms with van der Waals surface area (Å²) < 4.78 is 10.5. The molecule has 0 aliphatic rings. The highest BCUT2D eigenvalue weighted by Crippen LogP contribution is 2.28. The fourth-order valence-electron chi connectivity index (χ4n) is 2.07. The van der Waals surface area contributed by atoms with E-state index in [1.807, 2.05) is 18.2 Å². The van der Waals surface area contributed by atoms with Crippen LogP contribution in [0.4, 0.5) is 4.79 Å². The molecule has 19 heavy (non-hydrogen) atoms. The molecule has 1 atom stereocenters. The van der Waals surface area contributed by atoms with E-state index in [4.69, 9.17) is 15.2 Å². The molecule has 1 aromatic rings. The number of carbonyl (C=O) groups is 1. The third-order valence-electron chi connectivity index (χ3n) is 2.91. The van der Waals surface area contributed by atoms with Gasteiger partial charge in [0.25, 0.3) is 0 Å². The second-order valence-corrected chi connectivity index (χ2v) is 4.39. The van der Waals surface area contributed by atoms with E-state index in [2.05, 4.69) is 12.2 Å². The molecule has 0 aliphatic carbocycles. The number of ether oxygens (including phenoxy) is 2. The van der Waals surface area contributed by atoms with E-state index in [-0.39, 0.29) is 6.04 Å². The van der Waals surface area contributed by atoms with Crippen LogP contribution in [0.15, 0.2) is 18.2 Å². The predicted molar refractivity (Wildman–Crippen MR) is 74.7 cm³/mol. The van der Waals surface area contributed by atoms with Crippen LogP contribution in [-0.2, 0) is 6.42 Å². The van der Waals surface area contributed by atoms with E-state index < -0.39 is 6.03 Å². The van der Waals surface area contributed by atoms with E-state index >= 15 is 0 Å². The summed E-state index contributed by atoms with van der Waals surface area (Å²) in [7, 11) is 3.21. The van der Waals surface area contributed by atoms with Gasteiger partial charge in [-0.1, -0.05) is 19.4 Å². The molecule has 0 heterocycles. The van der Waals surface area contributed by atoms with Gasteiger partial charge in [0.1, 0.15) is 0 Å². The molecule has 1 aromatic carbocycles. The van der Waals surface area contributed by atoms with Crippen LogP contribution in [0.2, 0.25) is 0 Å². The van der Waals surface area contributed by atoms with Crippen LogP contribution in [0.1, 0.15) is 25.3 Å². The number of urea groups is 1. The molecule has 5 heteroatoms. The van der Waals surface area contributed by atoms with E-state index in [1.54, 1.807) is 14.2 Å². The van der Waals surface area contributed by atoms with Crippen LogP contribution in [0, 0.1) is 0 Å².